The summed E-state index contributed by atoms with van der Waals surface area (Å²) >= 11 is 6.03. The molecule has 0 aliphatic carbocycles. The van der Waals surface area contributed by atoms with Crippen LogP contribution in [0.3, 0.4) is 0 Å². The Morgan fingerprint density at radius 1 is 1.11 bits per heavy atom. The molecule has 2 rings (SSSR count). The molecule has 11 nitrogen and oxygen atoms in total. The Bertz CT molecular complexity index is 1080. The molecule has 2 aromatic carbocycles. The van der Waals surface area contributed by atoms with Crippen molar-refractivity contribution in [2.45, 2.75) is 38.3 Å². The van der Waals surface area contributed by atoms with Crippen LogP contribution in [0, 0.1) is 12.3 Å². The van der Waals surface area contributed by atoms with Crippen LogP contribution in [0.15, 0.2) is 58.8 Å². The van der Waals surface area contributed by atoms with Crippen LogP contribution in [0.25, 0.3) is 0 Å². The quantitative estimate of drug-likeness (QED) is 0.119. The van der Waals surface area contributed by atoms with Crippen LogP contribution in [0.2, 0.25) is 5.02 Å². The number of carbonyl (C=O) groups excluding carboxylic acids is 2. The van der Waals surface area contributed by atoms with E-state index in [1.165, 1.54) is 0 Å². The Morgan fingerprint density at radius 2 is 1.83 bits per heavy atom. The molecular weight excluding hydrogens is 474 g/mol. The average molecular weight is 502 g/mol. The van der Waals surface area contributed by atoms with Gasteiger partial charge in [0.25, 0.3) is 0 Å². The van der Waals surface area contributed by atoms with Crippen LogP contribution < -0.4 is 21.7 Å². The van der Waals surface area contributed by atoms with Gasteiger partial charge in [0.05, 0.1) is 5.69 Å². The topological polar surface area (TPSA) is 182 Å². The maximum atomic E-state index is 13.0. The molecule has 0 spiro atoms. The van der Waals surface area contributed by atoms with Gasteiger partial charge in [0, 0.05) is 18.0 Å². The predicted molar refractivity (Wildman–Crippen MR) is 132 cm³/mol. The fourth-order valence-corrected chi connectivity index (χ4v) is 3.27. The number of nitrogens with zero attached hydrogens (tertiary/aromatic N) is 2. The Labute approximate surface area is 207 Å². The van der Waals surface area contributed by atoms with Crippen molar-refractivity contribution >= 4 is 41.2 Å². The van der Waals surface area contributed by atoms with Gasteiger partial charge in [0.15, 0.2) is 5.96 Å². The molecule has 12 heteroatoms. The van der Waals surface area contributed by atoms with Gasteiger partial charge in [0.2, 0.25) is 5.91 Å². The lowest BCUT2D eigenvalue weighted by Gasteiger charge is -2.21. The lowest BCUT2D eigenvalue weighted by Crippen LogP contribution is -2.52. The van der Waals surface area contributed by atoms with Crippen LogP contribution in [-0.2, 0) is 16.0 Å². The zero-order chi connectivity index (χ0) is 25.8. The summed E-state index contributed by atoms with van der Waals surface area (Å²) in [5, 5.41) is 32.1. The molecule has 0 heterocycles. The lowest BCUT2D eigenvalue weighted by atomic mass is 10.0. The van der Waals surface area contributed by atoms with Gasteiger partial charge < -0.3 is 26.8 Å². The van der Waals surface area contributed by atoms with E-state index in [0.717, 1.165) is 5.56 Å². The average Bonchev–Trinajstić information content (AvgIpc) is 2.80. The van der Waals surface area contributed by atoms with Crippen LogP contribution in [0.1, 0.15) is 24.0 Å². The summed E-state index contributed by atoms with van der Waals surface area (Å²) in [7, 11) is 0. The normalized spacial score (nSPS) is 12.5. The van der Waals surface area contributed by atoms with Crippen LogP contribution in [0.5, 0.6) is 0 Å². The third-order valence-corrected chi connectivity index (χ3v) is 5.07. The molecule has 0 radical (unpaired) electrons. The summed E-state index contributed by atoms with van der Waals surface area (Å²) < 4.78 is 0. The first-order valence-corrected chi connectivity index (χ1v) is 11.2. The van der Waals surface area contributed by atoms with Crippen molar-refractivity contribution in [3.8, 4) is 0 Å². The Hall–Kier alpha value is -3.99. The molecule has 0 bridgehead atoms. The molecule has 0 fully saturated rings. The minimum absolute atomic E-state index is 0.0520. The second-order valence-electron chi connectivity index (χ2n) is 7.75. The third-order valence-electron chi connectivity index (χ3n) is 4.83. The fraction of sp³-hybridized carbons (Fsp3) is 0.304. The molecule has 0 saturated carbocycles. The first-order valence-electron chi connectivity index (χ1n) is 10.8. The van der Waals surface area contributed by atoms with Gasteiger partial charge in [-0.15, -0.1) is 5.11 Å². The monoisotopic (exact) mass is 501 g/mol. The molecule has 2 atom stereocenters. The molecule has 0 aromatic heterocycles. The number of aliphatic carboxylic acids is 1. The van der Waals surface area contributed by atoms with E-state index in [0.29, 0.717) is 22.7 Å². The molecule has 0 unspecified atom stereocenters. The van der Waals surface area contributed by atoms with Gasteiger partial charge in [-0.25, -0.2) is 9.59 Å². The second kappa shape index (κ2) is 13.7. The van der Waals surface area contributed by atoms with Gasteiger partial charge in [-0.05, 0) is 49.6 Å². The Morgan fingerprint density at radius 3 is 2.46 bits per heavy atom. The molecule has 0 aliphatic heterocycles. The number of aryl methyl sites for hydroxylation is 1. The van der Waals surface area contributed by atoms with Crippen molar-refractivity contribution in [1.29, 1.82) is 5.41 Å². The minimum atomic E-state index is -1.23. The van der Waals surface area contributed by atoms with Gasteiger partial charge >= 0.3 is 12.0 Å². The van der Waals surface area contributed by atoms with E-state index in [4.69, 9.17) is 22.7 Å². The van der Waals surface area contributed by atoms with Crippen molar-refractivity contribution in [3.63, 3.8) is 0 Å². The largest absolute Gasteiger partial charge is 0.480 e. The molecule has 3 amide bonds. The smallest absolute Gasteiger partial charge is 0.360 e. The standard InChI is InChI=1S/C23H28ClN7O4/c1-14-7-9-17(10-8-14)30-31-23(35)29-19(13-15-4-2-5-16(24)12-15)20(32)28-18(21(33)34)6-3-11-27-22(25)26/h2,4-5,7-10,12,18-19H,3,6,11,13H2,1H3,(H,28,32)(H,29,35)(H,33,34)(H4,25,26,27)/t18-,19-/m0/s1. The van der Waals surface area contributed by atoms with Crippen molar-refractivity contribution in [2.75, 3.05) is 6.54 Å². The number of carboxylic acids is 1. The van der Waals surface area contributed by atoms with Crippen LogP contribution in [0.4, 0.5) is 10.5 Å². The minimum Gasteiger partial charge on any atom is -0.480 e. The molecule has 0 saturated heterocycles. The highest BCUT2D eigenvalue weighted by atomic mass is 35.5. The molecule has 7 N–H and O–H groups in total. The van der Waals surface area contributed by atoms with E-state index in [2.05, 4.69) is 26.2 Å². The zero-order valence-corrected chi connectivity index (χ0v) is 19.9. The van der Waals surface area contributed by atoms with E-state index in [1.54, 1.807) is 36.4 Å². The van der Waals surface area contributed by atoms with E-state index < -0.39 is 30.0 Å². The molecule has 2 aromatic rings. The maximum Gasteiger partial charge on any atom is 0.360 e. The molecular formula is C23H28ClN7O4. The Kier molecular flexibility index (Phi) is 10.6. The molecule has 35 heavy (non-hydrogen) atoms. The zero-order valence-electron chi connectivity index (χ0n) is 19.1. The van der Waals surface area contributed by atoms with E-state index in [1.807, 2.05) is 19.1 Å². The van der Waals surface area contributed by atoms with Gasteiger partial charge in [-0.1, -0.05) is 46.5 Å². The first kappa shape index (κ1) is 27.3. The van der Waals surface area contributed by atoms with Crippen LogP contribution in [-0.4, -0.2) is 47.6 Å². The number of rotatable bonds is 11. The second-order valence-corrected chi connectivity index (χ2v) is 8.19. The van der Waals surface area contributed by atoms with Gasteiger partial charge in [-0.3, -0.25) is 10.2 Å². The number of carbonyl (C=O) groups is 3. The summed E-state index contributed by atoms with van der Waals surface area (Å²) in [6, 6.07) is 10.6. The van der Waals surface area contributed by atoms with Crippen LogP contribution >= 0.6 is 11.6 Å². The number of hydrogen-bond donors (Lipinski definition) is 6. The predicted octanol–water partition coefficient (Wildman–Crippen LogP) is 2.89. The summed E-state index contributed by atoms with van der Waals surface area (Å²) in [6.45, 7) is 2.19. The highest BCUT2D eigenvalue weighted by Crippen LogP contribution is 2.14. The SMILES string of the molecule is Cc1ccc(N=NC(=O)N[C@@H](Cc2cccc(Cl)c2)C(=O)N[C@@H](CCCNC(=N)N)C(=O)O)cc1. The van der Waals surface area contributed by atoms with E-state index in [-0.39, 0.29) is 25.3 Å². The van der Waals surface area contributed by atoms with Crippen molar-refractivity contribution in [2.24, 2.45) is 16.0 Å². The highest BCUT2D eigenvalue weighted by molar-refractivity contribution is 6.30. The maximum absolute atomic E-state index is 13.0. The summed E-state index contributed by atoms with van der Waals surface area (Å²) in [6.07, 6.45) is 0.482. The number of nitrogens with two attached hydrogens (primary N) is 1. The number of azo groups is 1. The third kappa shape index (κ3) is 10.2. The Balaban J connectivity index is 2.11. The van der Waals surface area contributed by atoms with Gasteiger partial charge in [-0.2, -0.15) is 0 Å². The number of carboxylic acid groups (broad SMARTS) is 1. The number of urea groups is 1. The summed E-state index contributed by atoms with van der Waals surface area (Å²) in [4.78, 5) is 37.0. The van der Waals surface area contributed by atoms with Crippen molar-refractivity contribution < 1.29 is 19.5 Å². The number of benzene rings is 2. The number of amides is 3. The number of nitrogens with one attached hydrogen (secondary N) is 4. The fourth-order valence-electron chi connectivity index (χ4n) is 3.06. The molecule has 186 valence electrons. The van der Waals surface area contributed by atoms with E-state index in [9.17, 15) is 19.5 Å². The van der Waals surface area contributed by atoms with Crippen molar-refractivity contribution in [1.82, 2.24) is 16.0 Å². The lowest BCUT2D eigenvalue weighted by molar-refractivity contribution is -0.142. The van der Waals surface area contributed by atoms with Crippen molar-refractivity contribution in [3.05, 3.63) is 64.7 Å². The summed E-state index contributed by atoms with van der Waals surface area (Å²) in [5.74, 6) is -2.16. The van der Waals surface area contributed by atoms with E-state index >= 15 is 0 Å². The first-order chi connectivity index (χ1) is 16.6. The molecule has 0 aliphatic rings. The number of hydrogen-bond acceptors (Lipinski definition) is 5. The summed E-state index contributed by atoms with van der Waals surface area (Å²) in [5.41, 5.74) is 7.36. The van der Waals surface area contributed by atoms with Gasteiger partial charge in [0.1, 0.15) is 12.1 Å². The number of halogens is 1. The highest BCUT2D eigenvalue weighted by Gasteiger charge is 2.26. The number of guanidine groups is 1.